The Balaban J connectivity index is 1.98. The highest BCUT2D eigenvalue weighted by Crippen LogP contribution is 2.36. The van der Waals surface area contributed by atoms with Crippen LogP contribution in [0, 0.1) is 0 Å². The molecule has 2 fully saturated rings. The van der Waals surface area contributed by atoms with Crippen LogP contribution in [-0.2, 0) is 21.0 Å². The van der Waals surface area contributed by atoms with Gasteiger partial charge in [-0.2, -0.15) is 17.5 Å². The highest BCUT2D eigenvalue weighted by molar-refractivity contribution is 7.89. The molecule has 0 radical (unpaired) electrons. The van der Waals surface area contributed by atoms with E-state index >= 15 is 0 Å². The number of piperidine rings is 1. The maximum atomic E-state index is 13.1. The molecule has 27 heavy (non-hydrogen) atoms. The summed E-state index contributed by atoms with van der Waals surface area (Å²) < 4.78 is 66.3. The molecule has 0 unspecified atom stereocenters. The summed E-state index contributed by atoms with van der Waals surface area (Å²) in [5.41, 5.74) is -1.09. The van der Waals surface area contributed by atoms with Gasteiger partial charge in [-0.25, -0.2) is 8.42 Å². The van der Waals surface area contributed by atoms with Gasteiger partial charge in [0.15, 0.2) is 0 Å². The van der Waals surface area contributed by atoms with Gasteiger partial charge >= 0.3 is 6.18 Å². The molecular formula is C17H20ClF3N2O3S. The van der Waals surface area contributed by atoms with E-state index in [1.165, 1.54) is 0 Å². The molecule has 0 N–H and O–H groups in total. The third-order valence-corrected chi connectivity index (χ3v) is 7.39. The van der Waals surface area contributed by atoms with Crippen molar-refractivity contribution in [1.29, 1.82) is 0 Å². The largest absolute Gasteiger partial charge is 0.416 e. The van der Waals surface area contributed by atoms with E-state index in [2.05, 4.69) is 0 Å². The third-order valence-electron chi connectivity index (χ3n) is 5.00. The first kappa shape index (κ1) is 20.4. The number of hydrogen-bond donors (Lipinski definition) is 0. The highest BCUT2D eigenvalue weighted by atomic mass is 35.5. The first-order chi connectivity index (χ1) is 12.6. The van der Waals surface area contributed by atoms with E-state index in [1.807, 2.05) is 0 Å². The minimum absolute atomic E-state index is 0.0825. The Kier molecular flexibility index (Phi) is 5.74. The lowest BCUT2D eigenvalue weighted by molar-refractivity contribution is -0.138. The normalized spacial score (nSPS) is 22.2. The minimum atomic E-state index is -4.69. The van der Waals surface area contributed by atoms with Crippen molar-refractivity contribution in [2.75, 3.05) is 19.6 Å². The minimum Gasteiger partial charge on any atom is -0.341 e. The summed E-state index contributed by atoms with van der Waals surface area (Å²) >= 11 is 5.94. The van der Waals surface area contributed by atoms with Gasteiger partial charge in [-0.3, -0.25) is 4.79 Å². The van der Waals surface area contributed by atoms with Crippen LogP contribution in [0.1, 0.15) is 37.7 Å². The third kappa shape index (κ3) is 4.09. The van der Waals surface area contributed by atoms with Gasteiger partial charge in [0.25, 0.3) is 0 Å². The molecule has 1 atom stereocenters. The van der Waals surface area contributed by atoms with Crippen molar-refractivity contribution in [3.05, 3.63) is 28.8 Å². The number of carbonyl (C=O) groups excluding carboxylic acids is 1. The molecule has 0 aromatic heterocycles. The van der Waals surface area contributed by atoms with E-state index in [9.17, 15) is 26.4 Å². The van der Waals surface area contributed by atoms with Gasteiger partial charge in [0, 0.05) is 19.6 Å². The lowest BCUT2D eigenvalue weighted by Crippen LogP contribution is -2.52. The van der Waals surface area contributed by atoms with Crippen molar-refractivity contribution < 1.29 is 26.4 Å². The summed E-state index contributed by atoms with van der Waals surface area (Å²) in [6, 6.07) is 1.32. The number of benzene rings is 1. The molecule has 1 aromatic rings. The Labute approximate surface area is 161 Å². The van der Waals surface area contributed by atoms with E-state index in [1.54, 1.807) is 4.90 Å². The predicted molar refractivity (Wildman–Crippen MR) is 93.8 cm³/mol. The SMILES string of the molecule is O=C([C@H]1CCCCN1S(=O)(=O)c1cc(C(F)(F)F)ccc1Cl)N1CCCC1. The van der Waals surface area contributed by atoms with Gasteiger partial charge in [0.1, 0.15) is 10.9 Å². The van der Waals surface area contributed by atoms with E-state index < -0.39 is 32.7 Å². The maximum absolute atomic E-state index is 13.1. The van der Waals surface area contributed by atoms with Crippen molar-refractivity contribution in [1.82, 2.24) is 9.21 Å². The summed E-state index contributed by atoms with van der Waals surface area (Å²) in [4.78, 5) is 13.8. The number of sulfonamides is 1. The summed E-state index contributed by atoms with van der Waals surface area (Å²) in [6.45, 7) is 1.24. The van der Waals surface area contributed by atoms with Crippen LogP contribution in [0.3, 0.4) is 0 Å². The fourth-order valence-electron chi connectivity index (χ4n) is 3.59. The molecule has 0 spiro atoms. The molecule has 0 aliphatic carbocycles. The molecule has 2 saturated heterocycles. The molecule has 1 aromatic carbocycles. The number of nitrogens with zero attached hydrogens (tertiary/aromatic N) is 2. The number of likely N-dealkylation sites (tertiary alicyclic amines) is 1. The second-order valence-electron chi connectivity index (χ2n) is 6.80. The van der Waals surface area contributed by atoms with Crippen LogP contribution in [-0.4, -0.2) is 49.2 Å². The van der Waals surface area contributed by atoms with Crippen molar-refractivity contribution in [3.8, 4) is 0 Å². The first-order valence-electron chi connectivity index (χ1n) is 8.80. The zero-order valence-corrected chi connectivity index (χ0v) is 16.1. The molecule has 2 aliphatic heterocycles. The first-order valence-corrected chi connectivity index (χ1v) is 10.6. The van der Waals surface area contributed by atoms with Gasteiger partial charge < -0.3 is 4.90 Å². The summed E-state index contributed by atoms with van der Waals surface area (Å²) in [5.74, 6) is -0.279. The highest BCUT2D eigenvalue weighted by Gasteiger charge is 2.41. The molecule has 0 bridgehead atoms. The quantitative estimate of drug-likeness (QED) is 0.746. The number of hydrogen-bond acceptors (Lipinski definition) is 3. The lowest BCUT2D eigenvalue weighted by atomic mass is 10.0. The standard InChI is InChI=1S/C17H20ClF3N2O3S/c18-13-7-6-12(17(19,20)21)11-15(13)27(25,26)23-10-2-1-5-14(23)16(24)22-8-3-4-9-22/h6-7,11,14H,1-5,8-10H2/t14-/m1/s1. The predicted octanol–water partition coefficient (Wildman–Crippen LogP) is 3.52. The van der Waals surface area contributed by atoms with Crippen molar-refractivity contribution in [3.63, 3.8) is 0 Å². The fourth-order valence-corrected chi connectivity index (χ4v) is 5.74. The van der Waals surface area contributed by atoms with E-state index in [4.69, 9.17) is 11.6 Å². The number of amides is 1. The van der Waals surface area contributed by atoms with Crippen LogP contribution in [0.15, 0.2) is 23.1 Å². The maximum Gasteiger partial charge on any atom is 0.416 e. The number of alkyl halides is 3. The summed E-state index contributed by atoms with van der Waals surface area (Å²) in [5, 5.41) is -0.291. The molecule has 1 amide bonds. The van der Waals surface area contributed by atoms with Crippen LogP contribution in [0.2, 0.25) is 5.02 Å². The molecule has 5 nitrogen and oxygen atoms in total. The van der Waals surface area contributed by atoms with Crippen molar-refractivity contribution >= 4 is 27.5 Å². The Hall–Kier alpha value is -1.32. The van der Waals surface area contributed by atoms with Gasteiger partial charge in [-0.15, -0.1) is 0 Å². The van der Waals surface area contributed by atoms with Crippen LogP contribution < -0.4 is 0 Å². The molecule has 0 saturated carbocycles. The van der Waals surface area contributed by atoms with Crippen molar-refractivity contribution in [2.24, 2.45) is 0 Å². The van der Waals surface area contributed by atoms with Gasteiger partial charge in [0.2, 0.25) is 15.9 Å². The number of carbonyl (C=O) groups is 1. The lowest BCUT2D eigenvalue weighted by Gasteiger charge is -2.36. The van der Waals surface area contributed by atoms with Crippen LogP contribution in [0.5, 0.6) is 0 Å². The molecular weight excluding hydrogens is 405 g/mol. The Morgan fingerprint density at radius 2 is 1.70 bits per heavy atom. The zero-order chi connectivity index (χ0) is 19.8. The number of halogens is 4. The molecule has 2 aliphatic rings. The van der Waals surface area contributed by atoms with Crippen LogP contribution in [0.25, 0.3) is 0 Å². The average molecular weight is 425 g/mol. The monoisotopic (exact) mass is 424 g/mol. The number of rotatable bonds is 3. The smallest absolute Gasteiger partial charge is 0.341 e. The molecule has 10 heteroatoms. The van der Waals surface area contributed by atoms with Gasteiger partial charge in [0.05, 0.1) is 10.6 Å². The van der Waals surface area contributed by atoms with Crippen molar-refractivity contribution in [2.45, 2.75) is 49.2 Å². The second kappa shape index (κ2) is 7.60. The Morgan fingerprint density at radius 1 is 1.07 bits per heavy atom. The topological polar surface area (TPSA) is 57.7 Å². The Bertz CT molecular complexity index is 823. The van der Waals surface area contributed by atoms with E-state index in [0.717, 1.165) is 29.3 Å². The average Bonchev–Trinajstić information content (AvgIpc) is 3.15. The molecule has 3 rings (SSSR count). The fraction of sp³-hybridized carbons (Fsp3) is 0.588. The second-order valence-corrected chi connectivity index (χ2v) is 9.07. The van der Waals surface area contributed by atoms with E-state index in [-0.39, 0.29) is 17.5 Å². The summed E-state index contributed by atoms with van der Waals surface area (Å²) in [6.07, 6.45) is -1.38. The van der Waals surface area contributed by atoms with Crippen LogP contribution in [0.4, 0.5) is 13.2 Å². The van der Waals surface area contributed by atoms with Gasteiger partial charge in [-0.05, 0) is 43.9 Å². The van der Waals surface area contributed by atoms with Gasteiger partial charge in [-0.1, -0.05) is 18.0 Å². The van der Waals surface area contributed by atoms with E-state index in [0.29, 0.717) is 38.4 Å². The molecule has 2 heterocycles. The Morgan fingerprint density at radius 3 is 2.33 bits per heavy atom. The molecule has 150 valence electrons. The zero-order valence-electron chi connectivity index (χ0n) is 14.5. The van der Waals surface area contributed by atoms with Crippen LogP contribution >= 0.6 is 11.6 Å². The summed E-state index contributed by atoms with van der Waals surface area (Å²) in [7, 11) is -4.35.